The molecule has 0 aromatic rings. The van der Waals surface area contributed by atoms with Crippen molar-refractivity contribution in [1.29, 1.82) is 0 Å². The minimum Gasteiger partial charge on any atom is -0.369 e. The summed E-state index contributed by atoms with van der Waals surface area (Å²) in [5, 5.41) is 3.17. The molecule has 3 N–H and O–H groups in total. The second-order valence-corrected chi connectivity index (χ2v) is 6.21. The van der Waals surface area contributed by atoms with E-state index in [0.29, 0.717) is 12.6 Å². The van der Waals surface area contributed by atoms with Crippen molar-refractivity contribution < 1.29 is 9.59 Å². The van der Waals surface area contributed by atoms with Crippen molar-refractivity contribution in [1.82, 2.24) is 10.2 Å². The molecule has 2 rings (SSSR count). The number of rotatable bonds is 4. The highest BCUT2D eigenvalue weighted by Crippen LogP contribution is 2.18. The molecule has 5 nitrogen and oxygen atoms in total. The summed E-state index contributed by atoms with van der Waals surface area (Å²) >= 11 is 0. The number of amides is 2. The second kappa shape index (κ2) is 7.62. The lowest BCUT2D eigenvalue weighted by atomic mass is 9.96. The van der Waals surface area contributed by atoms with E-state index in [9.17, 15) is 9.59 Å². The van der Waals surface area contributed by atoms with Gasteiger partial charge in [-0.1, -0.05) is 25.7 Å². The molecular weight excluding hydrogens is 254 g/mol. The standard InChI is InChI=1S/C15H27N3O2/c16-15(20)12-7-9-18(10-8-12)11-14(19)17-13-5-3-1-2-4-6-13/h12-13H,1-11H2,(H2,16,20)(H,17,19). The highest BCUT2D eigenvalue weighted by atomic mass is 16.2. The van der Waals surface area contributed by atoms with Crippen LogP contribution in [0.25, 0.3) is 0 Å². The number of primary amides is 1. The van der Waals surface area contributed by atoms with E-state index in [1.54, 1.807) is 0 Å². The van der Waals surface area contributed by atoms with Crippen LogP contribution in [0.2, 0.25) is 0 Å². The van der Waals surface area contributed by atoms with Gasteiger partial charge in [0.2, 0.25) is 11.8 Å². The molecule has 114 valence electrons. The zero-order chi connectivity index (χ0) is 14.4. The molecular formula is C15H27N3O2. The SMILES string of the molecule is NC(=O)C1CCN(CC(=O)NC2CCCCCC2)CC1. The van der Waals surface area contributed by atoms with Crippen LogP contribution in [0, 0.1) is 5.92 Å². The highest BCUT2D eigenvalue weighted by molar-refractivity contribution is 5.78. The van der Waals surface area contributed by atoms with Gasteiger partial charge in [-0.05, 0) is 38.8 Å². The number of hydrogen-bond donors (Lipinski definition) is 2. The van der Waals surface area contributed by atoms with Crippen LogP contribution in [0.1, 0.15) is 51.4 Å². The molecule has 1 saturated heterocycles. The summed E-state index contributed by atoms with van der Waals surface area (Å²) in [7, 11) is 0. The van der Waals surface area contributed by atoms with Gasteiger partial charge in [-0.3, -0.25) is 14.5 Å². The van der Waals surface area contributed by atoms with Gasteiger partial charge in [0.05, 0.1) is 6.54 Å². The molecule has 0 radical (unpaired) electrons. The van der Waals surface area contributed by atoms with E-state index in [1.807, 2.05) is 0 Å². The molecule has 1 heterocycles. The normalized spacial score (nSPS) is 23.2. The minimum absolute atomic E-state index is 0.00355. The van der Waals surface area contributed by atoms with E-state index in [4.69, 9.17) is 5.73 Å². The smallest absolute Gasteiger partial charge is 0.234 e. The Hall–Kier alpha value is -1.10. The monoisotopic (exact) mass is 281 g/mol. The van der Waals surface area contributed by atoms with Crippen molar-refractivity contribution in [2.75, 3.05) is 19.6 Å². The van der Waals surface area contributed by atoms with Gasteiger partial charge in [-0.2, -0.15) is 0 Å². The topological polar surface area (TPSA) is 75.4 Å². The molecule has 0 spiro atoms. The molecule has 1 aliphatic heterocycles. The van der Waals surface area contributed by atoms with Crippen LogP contribution in [0.3, 0.4) is 0 Å². The van der Waals surface area contributed by atoms with Crippen LogP contribution in [0.5, 0.6) is 0 Å². The lowest BCUT2D eigenvalue weighted by Crippen LogP contribution is -2.45. The Labute approximate surface area is 121 Å². The third-order valence-corrected chi connectivity index (χ3v) is 4.58. The number of nitrogens with one attached hydrogen (secondary N) is 1. The average molecular weight is 281 g/mol. The Balaban J connectivity index is 1.68. The third kappa shape index (κ3) is 4.78. The van der Waals surface area contributed by atoms with Crippen LogP contribution >= 0.6 is 0 Å². The van der Waals surface area contributed by atoms with Gasteiger partial charge < -0.3 is 11.1 Å². The first kappa shape index (κ1) is 15.3. The van der Waals surface area contributed by atoms with E-state index in [-0.39, 0.29) is 17.7 Å². The fourth-order valence-corrected chi connectivity index (χ4v) is 3.28. The Morgan fingerprint density at radius 2 is 1.60 bits per heavy atom. The summed E-state index contributed by atoms with van der Waals surface area (Å²) in [5.74, 6) is -0.0712. The summed E-state index contributed by atoms with van der Waals surface area (Å²) in [6, 6.07) is 0.369. The molecule has 2 aliphatic rings. The Kier molecular flexibility index (Phi) is 5.83. The molecule has 0 unspecified atom stereocenters. The maximum atomic E-state index is 12.1. The molecule has 1 saturated carbocycles. The van der Waals surface area contributed by atoms with Gasteiger partial charge >= 0.3 is 0 Å². The van der Waals surface area contributed by atoms with E-state index < -0.39 is 0 Å². The first-order chi connectivity index (χ1) is 9.65. The van der Waals surface area contributed by atoms with Gasteiger partial charge in [-0.25, -0.2) is 0 Å². The fraction of sp³-hybridized carbons (Fsp3) is 0.867. The van der Waals surface area contributed by atoms with Gasteiger partial charge in [0.25, 0.3) is 0 Å². The van der Waals surface area contributed by atoms with Crippen LogP contribution in [-0.4, -0.2) is 42.4 Å². The highest BCUT2D eigenvalue weighted by Gasteiger charge is 2.24. The number of carbonyl (C=O) groups excluding carboxylic acids is 2. The summed E-state index contributed by atoms with van der Waals surface area (Å²) in [4.78, 5) is 25.3. The molecule has 0 bridgehead atoms. The zero-order valence-corrected chi connectivity index (χ0v) is 12.3. The van der Waals surface area contributed by atoms with Crippen LogP contribution in [-0.2, 0) is 9.59 Å². The first-order valence-corrected chi connectivity index (χ1v) is 7.96. The predicted molar refractivity (Wildman–Crippen MR) is 78.0 cm³/mol. The summed E-state index contributed by atoms with van der Waals surface area (Å²) in [6.07, 6.45) is 8.87. The van der Waals surface area contributed by atoms with Crippen molar-refractivity contribution in [3.05, 3.63) is 0 Å². The Morgan fingerprint density at radius 1 is 1.00 bits per heavy atom. The molecule has 0 aromatic carbocycles. The van der Waals surface area contributed by atoms with Crippen LogP contribution in [0.4, 0.5) is 0 Å². The van der Waals surface area contributed by atoms with Crippen molar-refractivity contribution in [2.24, 2.45) is 11.7 Å². The fourth-order valence-electron chi connectivity index (χ4n) is 3.28. The van der Waals surface area contributed by atoms with E-state index in [2.05, 4.69) is 10.2 Å². The number of carbonyl (C=O) groups is 2. The van der Waals surface area contributed by atoms with E-state index >= 15 is 0 Å². The molecule has 20 heavy (non-hydrogen) atoms. The van der Waals surface area contributed by atoms with Gasteiger partial charge in [0.15, 0.2) is 0 Å². The Bertz CT molecular complexity index is 330. The number of likely N-dealkylation sites (tertiary alicyclic amines) is 1. The summed E-state index contributed by atoms with van der Waals surface area (Å²) < 4.78 is 0. The molecule has 5 heteroatoms. The molecule has 1 aliphatic carbocycles. The lowest BCUT2D eigenvalue weighted by Gasteiger charge is -2.30. The Morgan fingerprint density at radius 3 is 2.15 bits per heavy atom. The van der Waals surface area contributed by atoms with Crippen molar-refractivity contribution in [3.63, 3.8) is 0 Å². The second-order valence-electron chi connectivity index (χ2n) is 6.21. The maximum Gasteiger partial charge on any atom is 0.234 e. The van der Waals surface area contributed by atoms with Crippen LogP contribution < -0.4 is 11.1 Å². The van der Waals surface area contributed by atoms with Crippen molar-refractivity contribution >= 4 is 11.8 Å². The first-order valence-electron chi connectivity index (χ1n) is 7.96. The maximum absolute atomic E-state index is 12.1. The van der Waals surface area contributed by atoms with Crippen molar-refractivity contribution in [3.8, 4) is 0 Å². The molecule has 0 atom stereocenters. The van der Waals surface area contributed by atoms with Gasteiger partial charge in [0, 0.05) is 12.0 Å². The average Bonchev–Trinajstić information content (AvgIpc) is 2.68. The van der Waals surface area contributed by atoms with Crippen LogP contribution in [0.15, 0.2) is 0 Å². The third-order valence-electron chi connectivity index (χ3n) is 4.58. The number of hydrogen-bond acceptors (Lipinski definition) is 3. The summed E-state index contributed by atoms with van der Waals surface area (Å²) in [6.45, 7) is 2.05. The lowest BCUT2D eigenvalue weighted by molar-refractivity contribution is -0.124. The number of nitrogens with two attached hydrogens (primary N) is 1. The molecule has 0 aromatic heterocycles. The molecule has 2 amide bonds. The minimum atomic E-state index is -0.201. The number of piperidine rings is 1. The zero-order valence-electron chi connectivity index (χ0n) is 12.3. The largest absolute Gasteiger partial charge is 0.369 e. The predicted octanol–water partition coefficient (Wildman–Crippen LogP) is 1.02. The van der Waals surface area contributed by atoms with Gasteiger partial charge in [-0.15, -0.1) is 0 Å². The van der Waals surface area contributed by atoms with E-state index in [0.717, 1.165) is 38.8 Å². The molecule has 2 fully saturated rings. The van der Waals surface area contributed by atoms with Gasteiger partial charge in [0.1, 0.15) is 0 Å². The van der Waals surface area contributed by atoms with Crippen molar-refractivity contribution in [2.45, 2.75) is 57.4 Å². The quantitative estimate of drug-likeness (QED) is 0.756. The number of nitrogens with zero attached hydrogens (tertiary/aromatic N) is 1. The summed E-state index contributed by atoms with van der Waals surface area (Å²) in [5.41, 5.74) is 5.32. The van der Waals surface area contributed by atoms with E-state index in [1.165, 1.54) is 25.7 Å².